The van der Waals surface area contributed by atoms with Gasteiger partial charge in [-0.05, 0) is 31.6 Å². The Morgan fingerprint density at radius 3 is 3.10 bits per heavy atom. The molecule has 0 saturated heterocycles. The first-order valence-corrected chi connectivity index (χ1v) is 7.56. The number of methoxy groups -OCH3 is 1. The van der Waals surface area contributed by atoms with Crippen LogP contribution < -0.4 is 9.47 Å². The van der Waals surface area contributed by atoms with Crippen molar-refractivity contribution in [3.8, 4) is 11.5 Å². The molecule has 0 aromatic heterocycles. The van der Waals surface area contributed by atoms with E-state index in [1.165, 1.54) is 11.1 Å². The van der Waals surface area contributed by atoms with Crippen molar-refractivity contribution in [2.45, 2.75) is 37.0 Å². The monoisotopic (exact) mass is 287 g/mol. The summed E-state index contributed by atoms with van der Waals surface area (Å²) in [5, 5.41) is 9.95. The Bertz CT molecular complexity index is 612. The molecule has 1 N–H and O–H groups in total. The van der Waals surface area contributed by atoms with Crippen molar-refractivity contribution in [3.63, 3.8) is 0 Å². The predicted octanol–water partition coefficient (Wildman–Crippen LogP) is 1.85. The van der Waals surface area contributed by atoms with E-state index in [0.717, 1.165) is 31.0 Å². The van der Waals surface area contributed by atoms with Crippen LogP contribution in [0.25, 0.3) is 0 Å². The first kappa shape index (κ1) is 13.2. The van der Waals surface area contributed by atoms with Gasteiger partial charge in [0, 0.05) is 24.6 Å². The van der Waals surface area contributed by atoms with Crippen LogP contribution in [0.15, 0.2) is 24.3 Å². The van der Waals surface area contributed by atoms with Crippen LogP contribution in [0.3, 0.4) is 0 Å². The number of ether oxygens (including phenoxy) is 2. The van der Waals surface area contributed by atoms with Crippen LogP contribution in [0.5, 0.6) is 11.5 Å². The molecule has 112 valence electrons. The topological polar surface area (TPSA) is 41.9 Å². The Morgan fingerprint density at radius 2 is 2.29 bits per heavy atom. The highest BCUT2D eigenvalue weighted by molar-refractivity contribution is 5.57. The molecule has 0 saturated carbocycles. The minimum absolute atomic E-state index is 0.0323. The minimum atomic E-state index is -0.402. The molecule has 4 nitrogen and oxygen atoms in total. The summed E-state index contributed by atoms with van der Waals surface area (Å²) in [6, 6.07) is 4.12. The average molecular weight is 287 g/mol. The number of rotatable bonds is 1. The van der Waals surface area contributed by atoms with Crippen molar-refractivity contribution in [2.24, 2.45) is 0 Å². The Morgan fingerprint density at radius 1 is 1.43 bits per heavy atom. The van der Waals surface area contributed by atoms with E-state index in [0.29, 0.717) is 6.42 Å². The van der Waals surface area contributed by atoms with E-state index in [1.54, 1.807) is 7.11 Å². The molecule has 0 amide bonds. The Labute approximate surface area is 125 Å². The third kappa shape index (κ3) is 1.82. The van der Waals surface area contributed by atoms with Gasteiger partial charge in [-0.2, -0.15) is 0 Å². The van der Waals surface area contributed by atoms with Crippen LogP contribution in [-0.2, 0) is 12.0 Å². The van der Waals surface area contributed by atoms with Gasteiger partial charge in [-0.25, -0.2) is 0 Å². The molecule has 0 radical (unpaired) electrons. The van der Waals surface area contributed by atoms with Gasteiger partial charge in [-0.3, -0.25) is 0 Å². The lowest BCUT2D eigenvalue weighted by molar-refractivity contribution is 0.0835. The van der Waals surface area contributed by atoms with Gasteiger partial charge >= 0.3 is 0 Å². The lowest BCUT2D eigenvalue weighted by atomic mass is 9.69. The first-order valence-electron chi connectivity index (χ1n) is 7.56. The first-order chi connectivity index (χ1) is 10.1. The van der Waals surface area contributed by atoms with E-state index in [9.17, 15) is 5.11 Å². The van der Waals surface area contributed by atoms with E-state index in [2.05, 4.69) is 24.1 Å². The minimum Gasteiger partial charge on any atom is -0.497 e. The normalized spacial score (nSPS) is 33.9. The fourth-order valence-corrected chi connectivity index (χ4v) is 4.07. The Kier molecular flexibility index (Phi) is 2.81. The molecule has 1 spiro atoms. The molecule has 3 atom stereocenters. The number of aliphatic hydroxyl groups excluding tert-OH is 1. The largest absolute Gasteiger partial charge is 0.497 e. The van der Waals surface area contributed by atoms with E-state index in [-0.39, 0.29) is 11.5 Å². The molecule has 1 aliphatic carbocycles. The van der Waals surface area contributed by atoms with Gasteiger partial charge in [0.25, 0.3) is 0 Å². The fraction of sp³-hybridized carbons (Fsp3) is 0.529. The number of nitrogens with zero attached hydrogens (tertiary/aromatic N) is 1. The summed E-state index contributed by atoms with van der Waals surface area (Å²) in [4.78, 5) is 2.35. The smallest absolute Gasteiger partial charge is 0.128 e. The molecule has 21 heavy (non-hydrogen) atoms. The molecule has 0 bridgehead atoms. The van der Waals surface area contributed by atoms with Crippen LogP contribution in [0, 0.1) is 0 Å². The fourth-order valence-electron chi connectivity index (χ4n) is 4.07. The van der Waals surface area contributed by atoms with Crippen molar-refractivity contribution in [2.75, 3.05) is 20.7 Å². The summed E-state index contributed by atoms with van der Waals surface area (Å²) in [5.41, 5.74) is 2.51. The quantitative estimate of drug-likeness (QED) is 0.801. The molecule has 1 aromatic carbocycles. The van der Waals surface area contributed by atoms with Crippen molar-refractivity contribution >= 4 is 0 Å². The molecule has 0 fully saturated rings. The van der Waals surface area contributed by atoms with E-state index in [1.807, 2.05) is 12.1 Å². The molecular formula is C17H21NO3. The maximum absolute atomic E-state index is 9.95. The third-order valence-corrected chi connectivity index (χ3v) is 5.12. The highest BCUT2D eigenvalue weighted by Gasteiger charge is 2.51. The molecule has 1 aromatic rings. The van der Waals surface area contributed by atoms with E-state index >= 15 is 0 Å². The van der Waals surface area contributed by atoms with Gasteiger partial charge in [-0.1, -0.05) is 12.2 Å². The lowest BCUT2D eigenvalue weighted by Crippen LogP contribution is -2.42. The molecule has 3 aliphatic rings. The zero-order chi connectivity index (χ0) is 14.6. The number of hydrogen-bond donors (Lipinski definition) is 1. The second-order valence-electron chi connectivity index (χ2n) is 6.46. The zero-order valence-electron chi connectivity index (χ0n) is 12.5. The highest BCUT2D eigenvalue weighted by atomic mass is 16.5. The Hall–Kier alpha value is -1.52. The van der Waals surface area contributed by atoms with Gasteiger partial charge in [0.1, 0.15) is 17.6 Å². The van der Waals surface area contributed by atoms with Gasteiger partial charge < -0.3 is 19.5 Å². The van der Waals surface area contributed by atoms with E-state index < -0.39 is 6.10 Å². The second kappa shape index (κ2) is 4.49. The highest BCUT2D eigenvalue weighted by Crippen LogP contribution is 2.53. The summed E-state index contributed by atoms with van der Waals surface area (Å²) >= 11 is 0. The number of hydrogen-bond acceptors (Lipinski definition) is 4. The summed E-state index contributed by atoms with van der Waals surface area (Å²) < 4.78 is 11.6. The van der Waals surface area contributed by atoms with Crippen LogP contribution in [-0.4, -0.2) is 42.9 Å². The zero-order valence-corrected chi connectivity index (χ0v) is 12.5. The molecule has 4 heteroatoms. The average Bonchev–Trinajstić information content (AvgIpc) is 2.70. The number of benzene rings is 1. The predicted molar refractivity (Wildman–Crippen MR) is 79.8 cm³/mol. The third-order valence-electron chi connectivity index (χ3n) is 5.12. The second-order valence-corrected chi connectivity index (χ2v) is 6.46. The summed E-state index contributed by atoms with van der Waals surface area (Å²) in [7, 11) is 3.84. The van der Waals surface area contributed by atoms with Crippen LogP contribution in [0.1, 0.15) is 24.0 Å². The summed E-state index contributed by atoms with van der Waals surface area (Å²) in [6.45, 7) is 1.94. The number of aliphatic hydroxyl groups is 1. The molecule has 2 aliphatic heterocycles. The van der Waals surface area contributed by atoms with Gasteiger partial charge in [0.2, 0.25) is 0 Å². The van der Waals surface area contributed by atoms with Crippen LogP contribution >= 0.6 is 0 Å². The van der Waals surface area contributed by atoms with Crippen molar-refractivity contribution < 1.29 is 14.6 Å². The van der Waals surface area contributed by atoms with Gasteiger partial charge in [0.15, 0.2) is 0 Å². The molecule has 2 heterocycles. The molecular weight excluding hydrogens is 266 g/mol. The van der Waals surface area contributed by atoms with Crippen LogP contribution in [0.4, 0.5) is 0 Å². The van der Waals surface area contributed by atoms with E-state index in [4.69, 9.17) is 9.47 Å². The van der Waals surface area contributed by atoms with Crippen LogP contribution in [0.2, 0.25) is 0 Å². The summed E-state index contributed by atoms with van der Waals surface area (Å²) in [5.74, 6) is 1.78. The maximum Gasteiger partial charge on any atom is 0.128 e. The van der Waals surface area contributed by atoms with Crippen molar-refractivity contribution in [3.05, 3.63) is 35.4 Å². The standard InChI is InChI=1S/C17H21NO3/c1-18-6-5-17-4-3-12(19)8-15(17)21-14-9-13(20-2)7-11(10-18)16(14)17/h3-4,7,9,12,15,19H,5-6,8,10H2,1-2H3. The lowest BCUT2D eigenvalue weighted by Gasteiger charge is -2.35. The van der Waals surface area contributed by atoms with Gasteiger partial charge in [0.05, 0.1) is 18.6 Å². The Balaban J connectivity index is 1.93. The summed E-state index contributed by atoms with van der Waals surface area (Å²) in [6.07, 6.45) is 5.45. The SMILES string of the molecule is COc1cc2c3c(c1)OC1CC(O)C=CC31CCN(C)C2. The maximum atomic E-state index is 9.95. The van der Waals surface area contributed by atoms with Gasteiger partial charge in [-0.15, -0.1) is 0 Å². The van der Waals surface area contributed by atoms with Crippen molar-refractivity contribution in [1.29, 1.82) is 0 Å². The van der Waals surface area contributed by atoms with Crippen molar-refractivity contribution in [1.82, 2.24) is 4.90 Å². The molecule has 4 rings (SSSR count). The molecule has 3 unspecified atom stereocenters.